The maximum atomic E-state index is 13.6. The van der Waals surface area contributed by atoms with Crippen LogP contribution >= 0.6 is 15.9 Å². The minimum absolute atomic E-state index is 0.00298. The van der Waals surface area contributed by atoms with Crippen molar-refractivity contribution in [2.45, 2.75) is 16.7 Å². The molecular weight excluding hydrogens is 618 g/mol. The Hall–Kier alpha value is -3.87. The number of nitrogens with one attached hydrogen (secondary N) is 2. The number of aryl methyl sites for hydroxylation is 1. The van der Waals surface area contributed by atoms with Crippen LogP contribution in [0, 0.1) is 6.92 Å². The standard InChI is InChI=1S/C28H26BrN3O6S2/c1-20-3-11-24(12-4-20)32(40(36,37)27-17-13-25(38-2)14-18-27)19-28(33)30-22-9-15-26(16-10-22)39(34,35)31-23-7-5-21(29)6-8-23/h3-18,31H,19H2,1-2H3,(H,30,33). The summed E-state index contributed by atoms with van der Waals surface area (Å²) in [6.07, 6.45) is 0. The van der Waals surface area contributed by atoms with Crippen molar-refractivity contribution in [3.8, 4) is 5.75 Å². The van der Waals surface area contributed by atoms with Crippen LogP contribution in [-0.4, -0.2) is 36.4 Å². The third-order valence-corrected chi connectivity index (χ3v) is 9.52. The first kappa shape index (κ1) is 29.1. The van der Waals surface area contributed by atoms with Crippen LogP contribution in [0.2, 0.25) is 0 Å². The molecule has 4 aromatic rings. The van der Waals surface area contributed by atoms with E-state index in [4.69, 9.17) is 4.74 Å². The highest BCUT2D eigenvalue weighted by Gasteiger charge is 2.27. The van der Waals surface area contributed by atoms with Gasteiger partial charge in [-0.2, -0.15) is 0 Å². The van der Waals surface area contributed by atoms with E-state index in [1.807, 2.05) is 6.92 Å². The van der Waals surface area contributed by atoms with E-state index in [2.05, 4.69) is 26.0 Å². The Morgan fingerprint density at radius 3 is 1.90 bits per heavy atom. The van der Waals surface area contributed by atoms with Crippen molar-refractivity contribution in [2.24, 2.45) is 0 Å². The molecule has 0 unspecified atom stereocenters. The first-order valence-electron chi connectivity index (χ1n) is 11.9. The van der Waals surface area contributed by atoms with Crippen LogP contribution in [-0.2, 0) is 24.8 Å². The number of carbonyl (C=O) groups is 1. The number of ether oxygens (including phenoxy) is 1. The smallest absolute Gasteiger partial charge is 0.264 e. The molecule has 0 aliphatic carbocycles. The number of nitrogens with zero attached hydrogens (tertiary/aromatic N) is 1. The lowest BCUT2D eigenvalue weighted by molar-refractivity contribution is -0.114. The molecule has 4 rings (SSSR count). The second-order valence-corrected chi connectivity index (χ2v) is 13.2. The molecule has 40 heavy (non-hydrogen) atoms. The summed E-state index contributed by atoms with van der Waals surface area (Å²) < 4.78 is 62.0. The third kappa shape index (κ3) is 7.00. The molecule has 0 heterocycles. The molecule has 9 nitrogen and oxygen atoms in total. The quantitative estimate of drug-likeness (QED) is 0.239. The van der Waals surface area contributed by atoms with E-state index in [0.717, 1.165) is 14.3 Å². The van der Waals surface area contributed by atoms with Crippen molar-refractivity contribution in [3.63, 3.8) is 0 Å². The highest BCUT2D eigenvalue weighted by Crippen LogP contribution is 2.26. The van der Waals surface area contributed by atoms with Gasteiger partial charge in [0.2, 0.25) is 5.91 Å². The molecule has 0 saturated heterocycles. The predicted octanol–water partition coefficient (Wildman–Crippen LogP) is 5.40. The zero-order valence-corrected chi connectivity index (χ0v) is 24.8. The molecule has 0 saturated carbocycles. The zero-order chi connectivity index (χ0) is 28.9. The Balaban J connectivity index is 1.52. The first-order valence-corrected chi connectivity index (χ1v) is 15.6. The summed E-state index contributed by atoms with van der Waals surface area (Å²) in [6, 6.07) is 24.9. The van der Waals surface area contributed by atoms with Gasteiger partial charge in [-0.3, -0.25) is 13.8 Å². The van der Waals surface area contributed by atoms with Crippen molar-refractivity contribution in [2.75, 3.05) is 28.0 Å². The second-order valence-electron chi connectivity index (χ2n) is 8.71. The van der Waals surface area contributed by atoms with E-state index in [-0.39, 0.29) is 9.79 Å². The molecule has 0 bridgehead atoms. The van der Waals surface area contributed by atoms with E-state index in [0.29, 0.717) is 22.8 Å². The number of halogens is 1. The largest absolute Gasteiger partial charge is 0.497 e. The van der Waals surface area contributed by atoms with Crippen LogP contribution < -0.4 is 19.1 Å². The zero-order valence-electron chi connectivity index (χ0n) is 21.5. The van der Waals surface area contributed by atoms with Crippen molar-refractivity contribution in [1.29, 1.82) is 0 Å². The van der Waals surface area contributed by atoms with Gasteiger partial charge >= 0.3 is 0 Å². The number of sulfonamides is 2. The summed E-state index contributed by atoms with van der Waals surface area (Å²) in [4.78, 5) is 13.0. The molecule has 0 atom stereocenters. The van der Waals surface area contributed by atoms with Gasteiger partial charge in [-0.15, -0.1) is 0 Å². The van der Waals surface area contributed by atoms with Gasteiger partial charge in [-0.05, 0) is 91.9 Å². The van der Waals surface area contributed by atoms with Gasteiger partial charge in [0.1, 0.15) is 12.3 Å². The highest BCUT2D eigenvalue weighted by molar-refractivity contribution is 9.10. The van der Waals surface area contributed by atoms with Crippen LogP contribution in [0.5, 0.6) is 5.75 Å². The molecule has 1 amide bonds. The number of rotatable bonds is 10. The summed E-state index contributed by atoms with van der Waals surface area (Å²) in [6.45, 7) is 1.36. The SMILES string of the molecule is COc1ccc(S(=O)(=O)N(CC(=O)Nc2ccc(S(=O)(=O)Nc3ccc(Br)cc3)cc2)c2ccc(C)cc2)cc1. The number of benzene rings is 4. The number of anilines is 3. The second kappa shape index (κ2) is 12.1. The van der Waals surface area contributed by atoms with Crippen LogP contribution in [0.15, 0.2) is 111 Å². The summed E-state index contributed by atoms with van der Waals surface area (Å²) in [5, 5.41) is 2.64. The minimum atomic E-state index is -4.11. The fourth-order valence-corrected chi connectivity index (χ4v) is 6.43. The highest BCUT2D eigenvalue weighted by atomic mass is 79.9. The molecular formula is C28H26BrN3O6S2. The van der Waals surface area contributed by atoms with Crippen molar-refractivity contribution in [3.05, 3.63) is 107 Å². The maximum absolute atomic E-state index is 13.6. The molecule has 0 aliphatic rings. The number of amides is 1. The third-order valence-electron chi connectivity index (χ3n) is 5.80. The monoisotopic (exact) mass is 643 g/mol. The van der Waals surface area contributed by atoms with E-state index >= 15 is 0 Å². The van der Waals surface area contributed by atoms with E-state index in [9.17, 15) is 21.6 Å². The topological polar surface area (TPSA) is 122 Å². The first-order chi connectivity index (χ1) is 19.0. The van der Waals surface area contributed by atoms with Crippen LogP contribution in [0.1, 0.15) is 5.56 Å². The molecule has 4 aromatic carbocycles. The van der Waals surface area contributed by atoms with Gasteiger partial charge < -0.3 is 10.1 Å². The van der Waals surface area contributed by atoms with Crippen molar-refractivity contribution >= 4 is 58.9 Å². The van der Waals surface area contributed by atoms with Crippen LogP contribution in [0.4, 0.5) is 17.1 Å². The Labute approximate surface area is 242 Å². The summed E-state index contributed by atoms with van der Waals surface area (Å²) in [5.41, 5.74) is 1.95. The van der Waals surface area contributed by atoms with Gasteiger partial charge in [-0.1, -0.05) is 33.6 Å². The lowest BCUT2D eigenvalue weighted by Gasteiger charge is -2.24. The molecule has 0 aliphatic heterocycles. The Bertz CT molecular complexity index is 1690. The minimum Gasteiger partial charge on any atom is -0.497 e. The molecule has 12 heteroatoms. The molecule has 208 valence electrons. The van der Waals surface area contributed by atoms with Gasteiger partial charge in [0.15, 0.2) is 0 Å². The predicted molar refractivity (Wildman–Crippen MR) is 159 cm³/mol. The fourth-order valence-electron chi connectivity index (χ4n) is 3.68. The number of hydrogen-bond acceptors (Lipinski definition) is 6. The Kier molecular flexibility index (Phi) is 8.82. The van der Waals surface area contributed by atoms with Gasteiger partial charge in [0.05, 0.1) is 22.6 Å². The number of methoxy groups -OCH3 is 1. The Morgan fingerprint density at radius 1 is 0.775 bits per heavy atom. The van der Waals surface area contributed by atoms with Crippen LogP contribution in [0.25, 0.3) is 0 Å². The summed E-state index contributed by atoms with van der Waals surface area (Å²) >= 11 is 3.30. The van der Waals surface area contributed by atoms with E-state index in [1.165, 1.54) is 55.6 Å². The lowest BCUT2D eigenvalue weighted by Crippen LogP contribution is -2.38. The van der Waals surface area contributed by atoms with Crippen molar-refractivity contribution in [1.82, 2.24) is 0 Å². The number of hydrogen-bond donors (Lipinski definition) is 2. The fraction of sp³-hybridized carbons (Fsp3) is 0.107. The van der Waals surface area contributed by atoms with Gasteiger partial charge in [-0.25, -0.2) is 16.8 Å². The molecule has 0 aromatic heterocycles. The van der Waals surface area contributed by atoms with Crippen LogP contribution in [0.3, 0.4) is 0 Å². The molecule has 0 spiro atoms. The average Bonchev–Trinajstić information content (AvgIpc) is 2.94. The lowest BCUT2D eigenvalue weighted by atomic mass is 10.2. The maximum Gasteiger partial charge on any atom is 0.264 e. The van der Waals surface area contributed by atoms with Gasteiger partial charge in [0.25, 0.3) is 20.0 Å². The summed E-state index contributed by atoms with van der Waals surface area (Å²) in [7, 11) is -6.49. The molecule has 2 N–H and O–H groups in total. The summed E-state index contributed by atoms with van der Waals surface area (Å²) in [5.74, 6) is -0.114. The van der Waals surface area contributed by atoms with E-state index < -0.39 is 32.5 Å². The average molecular weight is 645 g/mol. The van der Waals surface area contributed by atoms with Gasteiger partial charge in [0, 0.05) is 15.8 Å². The van der Waals surface area contributed by atoms with Crippen molar-refractivity contribution < 1.29 is 26.4 Å². The Morgan fingerprint density at radius 2 is 1.32 bits per heavy atom. The molecule has 0 radical (unpaired) electrons. The normalized spacial score (nSPS) is 11.5. The molecule has 0 fully saturated rings. The number of carbonyl (C=O) groups excluding carboxylic acids is 1. The van der Waals surface area contributed by atoms with E-state index in [1.54, 1.807) is 48.5 Å².